The highest BCUT2D eigenvalue weighted by molar-refractivity contribution is 8.13. The van der Waals surface area contributed by atoms with Crippen LogP contribution in [0.1, 0.15) is 22.3 Å². The first-order valence-electron chi connectivity index (χ1n) is 6.54. The third-order valence-electron chi connectivity index (χ3n) is 3.09. The van der Waals surface area contributed by atoms with Gasteiger partial charge in [0.05, 0.1) is 5.75 Å². The number of hydrogen-bond donors (Lipinski definition) is 0. The molecule has 5 heteroatoms. The minimum absolute atomic E-state index is 0.171. The molecule has 2 aromatic rings. The maximum atomic E-state index is 11.2. The summed E-state index contributed by atoms with van der Waals surface area (Å²) < 4.78 is 28.2. The molecule has 0 spiro atoms. The quantitative estimate of drug-likeness (QED) is 0.782. The summed E-state index contributed by atoms with van der Waals surface area (Å²) in [5.41, 5.74) is 3.57. The lowest BCUT2D eigenvalue weighted by Crippen LogP contribution is -2.01. The number of rotatable bonds is 5. The molecule has 21 heavy (non-hydrogen) atoms. The average Bonchev–Trinajstić information content (AvgIpc) is 2.37. The molecule has 0 aliphatic rings. The van der Waals surface area contributed by atoms with E-state index in [9.17, 15) is 8.42 Å². The molecular weight excluding hydrogens is 308 g/mol. The van der Waals surface area contributed by atoms with Crippen LogP contribution in [-0.4, -0.2) is 8.42 Å². The SMILES string of the molecule is Cc1cc(CS(=O)(=O)Cl)cc(C)c1OCc1ccccc1. The van der Waals surface area contributed by atoms with E-state index in [2.05, 4.69) is 0 Å². The highest BCUT2D eigenvalue weighted by Crippen LogP contribution is 2.27. The van der Waals surface area contributed by atoms with E-state index in [4.69, 9.17) is 15.4 Å². The van der Waals surface area contributed by atoms with Gasteiger partial charge in [0, 0.05) is 10.7 Å². The Morgan fingerprint density at radius 1 is 1.00 bits per heavy atom. The van der Waals surface area contributed by atoms with Crippen molar-refractivity contribution in [2.75, 3.05) is 0 Å². The van der Waals surface area contributed by atoms with Gasteiger partial charge in [-0.25, -0.2) is 8.42 Å². The largest absolute Gasteiger partial charge is 0.488 e. The van der Waals surface area contributed by atoms with Crippen LogP contribution in [0.15, 0.2) is 42.5 Å². The lowest BCUT2D eigenvalue weighted by atomic mass is 10.1. The van der Waals surface area contributed by atoms with E-state index in [-0.39, 0.29) is 5.75 Å². The number of ether oxygens (including phenoxy) is 1. The molecule has 0 aliphatic heterocycles. The minimum atomic E-state index is -3.55. The summed E-state index contributed by atoms with van der Waals surface area (Å²) >= 11 is 0. The molecule has 0 aromatic heterocycles. The van der Waals surface area contributed by atoms with Crippen LogP contribution in [0, 0.1) is 13.8 Å². The van der Waals surface area contributed by atoms with Gasteiger partial charge in [-0.05, 0) is 36.1 Å². The van der Waals surface area contributed by atoms with E-state index in [1.165, 1.54) is 0 Å². The van der Waals surface area contributed by atoms with E-state index in [0.717, 1.165) is 22.4 Å². The van der Waals surface area contributed by atoms with Crippen molar-refractivity contribution < 1.29 is 13.2 Å². The van der Waals surface area contributed by atoms with Crippen LogP contribution in [0.2, 0.25) is 0 Å². The van der Waals surface area contributed by atoms with Crippen molar-refractivity contribution in [3.8, 4) is 5.75 Å². The summed E-state index contributed by atoms with van der Waals surface area (Å²) in [5, 5.41) is 0. The van der Waals surface area contributed by atoms with Gasteiger partial charge in [-0.3, -0.25) is 0 Å². The van der Waals surface area contributed by atoms with Crippen LogP contribution in [-0.2, 0) is 21.4 Å². The van der Waals surface area contributed by atoms with E-state index in [1.54, 1.807) is 12.1 Å². The van der Waals surface area contributed by atoms with Crippen molar-refractivity contribution in [2.45, 2.75) is 26.2 Å². The van der Waals surface area contributed by atoms with Crippen molar-refractivity contribution in [1.82, 2.24) is 0 Å². The molecule has 0 unspecified atom stereocenters. The fraction of sp³-hybridized carbons (Fsp3) is 0.250. The zero-order chi connectivity index (χ0) is 15.5. The van der Waals surface area contributed by atoms with Crippen LogP contribution in [0.3, 0.4) is 0 Å². The average molecular weight is 325 g/mol. The Hall–Kier alpha value is -1.52. The zero-order valence-corrected chi connectivity index (χ0v) is 13.5. The first kappa shape index (κ1) is 15.9. The van der Waals surface area contributed by atoms with Gasteiger partial charge in [0.25, 0.3) is 0 Å². The standard InChI is InChI=1S/C16H17ClO3S/c1-12-8-15(11-21(17,18)19)9-13(2)16(12)20-10-14-6-4-3-5-7-14/h3-9H,10-11H2,1-2H3. The van der Waals surface area contributed by atoms with Gasteiger partial charge in [-0.15, -0.1) is 0 Å². The lowest BCUT2D eigenvalue weighted by molar-refractivity contribution is 0.302. The lowest BCUT2D eigenvalue weighted by Gasteiger charge is -2.14. The smallest absolute Gasteiger partial charge is 0.236 e. The van der Waals surface area contributed by atoms with Gasteiger partial charge in [0.1, 0.15) is 12.4 Å². The fourth-order valence-electron chi connectivity index (χ4n) is 2.28. The van der Waals surface area contributed by atoms with Crippen LogP contribution < -0.4 is 4.74 Å². The molecule has 0 bridgehead atoms. The molecule has 0 amide bonds. The Balaban J connectivity index is 2.17. The summed E-state index contributed by atoms with van der Waals surface area (Å²) in [4.78, 5) is 0. The fourth-order valence-corrected chi connectivity index (χ4v) is 3.22. The number of hydrogen-bond acceptors (Lipinski definition) is 3. The van der Waals surface area contributed by atoms with E-state index >= 15 is 0 Å². The molecule has 0 N–H and O–H groups in total. The minimum Gasteiger partial charge on any atom is -0.488 e. The normalized spacial score (nSPS) is 11.4. The van der Waals surface area contributed by atoms with Crippen molar-refractivity contribution in [1.29, 1.82) is 0 Å². The molecule has 0 atom stereocenters. The Kier molecular flexibility index (Phi) is 4.91. The molecule has 0 saturated carbocycles. The predicted molar refractivity (Wildman–Crippen MR) is 85.2 cm³/mol. The first-order chi connectivity index (χ1) is 9.85. The summed E-state index contributed by atoms with van der Waals surface area (Å²) in [6.45, 7) is 4.28. The second-order valence-corrected chi connectivity index (χ2v) is 7.79. The second kappa shape index (κ2) is 6.50. The van der Waals surface area contributed by atoms with Gasteiger partial charge >= 0.3 is 0 Å². The molecule has 2 rings (SSSR count). The topological polar surface area (TPSA) is 43.4 Å². The molecule has 0 heterocycles. The third-order valence-corrected chi connectivity index (χ3v) is 4.09. The Labute approximate surface area is 129 Å². The van der Waals surface area contributed by atoms with Gasteiger partial charge in [0.15, 0.2) is 0 Å². The zero-order valence-electron chi connectivity index (χ0n) is 12.0. The maximum Gasteiger partial charge on any atom is 0.236 e. The Morgan fingerprint density at radius 2 is 1.57 bits per heavy atom. The van der Waals surface area contributed by atoms with Crippen molar-refractivity contribution in [2.24, 2.45) is 0 Å². The first-order valence-corrected chi connectivity index (χ1v) is 9.02. The summed E-state index contributed by atoms with van der Waals surface area (Å²) in [5.74, 6) is 0.615. The molecule has 112 valence electrons. The van der Waals surface area contributed by atoms with E-state index in [1.807, 2.05) is 44.2 Å². The molecule has 2 aromatic carbocycles. The number of halogens is 1. The van der Waals surface area contributed by atoms with Crippen LogP contribution in [0.5, 0.6) is 5.75 Å². The van der Waals surface area contributed by atoms with Crippen LogP contribution in [0.25, 0.3) is 0 Å². The summed E-state index contributed by atoms with van der Waals surface area (Å²) in [6.07, 6.45) is 0. The predicted octanol–water partition coefficient (Wildman–Crippen LogP) is 3.95. The molecule has 0 saturated heterocycles. The second-order valence-electron chi connectivity index (χ2n) is 5.02. The van der Waals surface area contributed by atoms with Crippen molar-refractivity contribution in [3.05, 3.63) is 64.7 Å². The molecule has 0 fully saturated rings. The van der Waals surface area contributed by atoms with Crippen LogP contribution in [0.4, 0.5) is 0 Å². The molecule has 0 aliphatic carbocycles. The van der Waals surface area contributed by atoms with Gasteiger partial charge in [-0.2, -0.15) is 0 Å². The van der Waals surface area contributed by atoms with Gasteiger partial charge < -0.3 is 4.74 Å². The van der Waals surface area contributed by atoms with E-state index in [0.29, 0.717) is 12.2 Å². The number of aryl methyl sites for hydroxylation is 2. The summed E-state index contributed by atoms with van der Waals surface area (Å²) in [6, 6.07) is 13.5. The van der Waals surface area contributed by atoms with Crippen molar-refractivity contribution in [3.63, 3.8) is 0 Å². The highest BCUT2D eigenvalue weighted by Gasteiger charge is 2.12. The molecule has 0 radical (unpaired) electrons. The Morgan fingerprint density at radius 3 is 2.10 bits per heavy atom. The summed E-state index contributed by atoms with van der Waals surface area (Å²) in [7, 11) is 1.75. The monoisotopic (exact) mass is 324 g/mol. The maximum absolute atomic E-state index is 11.2. The molecule has 3 nitrogen and oxygen atoms in total. The van der Waals surface area contributed by atoms with Crippen LogP contribution >= 0.6 is 10.7 Å². The van der Waals surface area contributed by atoms with Crippen molar-refractivity contribution >= 4 is 19.7 Å². The van der Waals surface area contributed by atoms with Gasteiger partial charge in [-0.1, -0.05) is 42.5 Å². The highest BCUT2D eigenvalue weighted by atomic mass is 35.7. The third kappa shape index (κ3) is 4.76. The van der Waals surface area contributed by atoms with Gasteiger partial charge in [0.2, 0.25) is 9.05 Å². The number of benzene rings is 2. The van der Waals surface area contributed by atoms with E-state index < -0.39 is 9.05 Å². The molecular formula is C16H17ClO3S. The Bertz CT molecular complexity index is 701.